The van der Waals surface area contributed by atoms with Crippen molar-refractivity contribution in [1.29, 1.82) is 0 Å². The first-order chi connectivity index (χ1) is 14.6. The first-order valence-electron chi connectivity index (χ1n) is 9.36. The molecule has 4 aromatic rings. The van der Waals surface area contributed by atoms with Crippen LogP contribution in [0.4, 0.5) is 0 Å². The normalized spacial score (nSPS) is 11.3. The maximum absolute atomic E-state index is 13.2. The number of nitrogens with zero attached hydrogens (tertiary/aromatic N) is 3. The van der Waals surface area contributed by atoms with Gasteiger partial charge in [-0.15, -0.1) is 0 Å². The van der Waals surface area contributed by atoms with E-state index in [0.717, 1.165) is 0 Å². The van der Waals surface area contributed by atoms with Crippen LogP contribution in [0, 0.1) is 0 Å². The molecule has 7 heteroatoms. The predicted molar refractivity (Wildman–Crippen MR) is 119 cm³/mol. The van der Waals surface area contributed by atoms with E-state index in [2.05, 4.69) is 10.1 Å². The van der Waals surface area contributed by atoms with E-state index in [9.17, 15) is 9.90 Å². The Hall–Kier alpha value is -3.64. The summed E-state index contributed by atoms with van der Waals surface area (Å²) in [6.07, 6.45) is 1.40. The number of hydrogen-bond donors (Lipinski definition) is 1. The van der Waals surface area contributed by atoms with Gasteiger partial charge in [-0.05, 0) is 43.3 Å². The number of halogens is 1. The number of rotatable bonds is 5. The third kappa shape index (κ3) is 3.65. The van der Waals surface area contributed by atoms with Crippen LogP contribution in [0.5, 0.6) is 11.5 Å². The number of aromatic hydroxyl groups is 1. The van der Waals surface area contributed by atoms with E-state index in [1.807, 2.05) is 19.1 Å². The fraction of sp³-hybridized carbons (Fsp3) is 0.0870. The molecule has 0 amide bonds. The highest BCUT2D eigenvalue weighted by molar-refractivity contribution is 6.33. The highest BCUT2D eigenvalue weighted by Gasteiger charge is 2.15. The zero-order valence-corrected chi connectivity index (χ0v) is 16.9. The molecule has 1 N–H and O–H groups in total. The smallest absolute Gasteiger partial charge is 0.282 e. The summed E-state index contributed by atoms with van der Waals surface area (Å²) in [5.74, 6) is 0.599. The topological polar surface area (TPSA) is 76.7 Å². The van der Waals surface area contributed by atoms with E-state index < -0.39 is 0 Å². The van der Waals surface area contributed by atoms with Gasteiger partial charge in [-0.25, -0.2) is 4.98 Å². The molecule has 0 bridgehead atoms. The van der Waals surface area contributed by atoms with Crippen LogP contribution in [-0.2, 0) is 0 Å². The zero-order chi connectivity index (χ0) is 21.1. The van der Waals surface area contributed by atoms with Crippen molar-refractivity contribution in [3.8, 4) is 22.9 Å². The Labute approximate surface area is 177 Å². The lowest BCUT2D eigenvalue weighted by atomic mass is 10.2. The number of fused-ring (bicyclic) bond motifs is 1. The largest absolute Gasteiger partial charge is 0.504 e. The van der Waals surface area contributed by atoms with Crippen molar-refractivity contribution in [2.75, 3.05) is 6.61 Å². The van der Waals surface area contributed by atoms with E-state index in [0.29, 0.717) is 45.2 Å². The second-order valence-corrected chi connectivity index (χ2v) is 6.83. The van der Waals surface area contributed by atoms with Crippen LogP contribution < -0.4 is 10.3 Å². The van der Waals surface area contributed by atoms with Crippen molar-refractivity contribution in [3.05, 3.63) is 87.7 Å². The molecule has 3 aromatic carbocycles. The average Bonchev–Trinajstić information content (AvgIpc) is 2.76. The monoisotopic (exact) mass is 419 g/mol. The number of para-hydroxylation sites is 2. The number of hydrogen-bond acceptors (Lipinski definition) is 5. The van der Waals surface area contributed by atoms with Gasteiger partial charge in [0.1, 0.15) is 0 Å². The summed E-state index contributed by atoms with van der Waals surface area (Å²) in [5, 5.41) is 15.7. The molecule has 0 aliphatic carbocycles. The number of phenols is 1. The van der Waals surface area contributed by atoms with E-state index >= 15 is 0 Å². The van der Waals surface area contributed by atoms with Gasteiger partial charge in [0.2, 0.25) is 0 Å². The molecule has 0 radical (unpaired) electrons. The number of ether oxygens (including phenoxy) is 1. The molecular weight excluding hydrogens is 402 g/mol. The van der Waals surface area contributed by atoms with Gasteiger partial charge in [0.25, 0.3) is 5.56 Å². The van der Waals surface area contributed by atoms with Crippen molar-refractivity contribution in [3.63, 3.8) is 0 Å². The minimum absolute atomic E-state index is 0.0517. The van der Waals surface area contributed by atoms with Gasteiger partial charge in [0.05, 0.1) is 28.7 Å². The maximum atomic E-state index is 13.2. The molecular formula is C23H18ClN3O3. The van der Waals surface area contributed by atoms with Crippen LogP contribution in [0.3, 0.4) is 0 Å². The lowest BCUT2D eigenvalue weighted by Gasteiger charge is -2.11. The van der Waals surface area contributed by atoms with E-state index in [1.54, 1.807) is 54.6 Å². The van der Waals surface area contributed by atoms with Gasteiger partial charge >= 0.3 is 0 Å². The lowest BCUT2D eigenvalue weighted by molar-refractivity contribution is 0.318. The summed E-state index contributed by atoms with van der Waals surface area (Å²) in [6, 6.07) is 19.2. The standard InChI is InChI=1S/C23H18ClN3O3/c1-2-30-20-13-7-8-15(21(20)28)14-25-27-22(16-9-3-5-11-18(16)24)26-19-12-6-4-10-17(19)23(27)29/h3-14,28H,2H2,1H3/b25-14-. The number of aromatic nitrogens is 2. The van der Waals surface area contributed by atoms with Gasteiger partial charge in [-0.3, -0.25) is 4.79 Å². The fourth-order valence-electron chi connectivity index (χ4n) is 3.08. The molecule has 0 fully saturated rings. The average molecular weight is 420 g/mol. The zero-order valence-electron chi connectivity index (χ0n) is 16.1. The lowest BCUT2D eigenvalue weighted by Crippen LogP contribution is -2.20. The van der Waals surface area contributed by atoms with Crippen molar-refractivity contribution < 1.29 is 9.84 Å². The molecule has 6 nitrogen and oxygen atoms in total. The quantitative estimate of drug-likeness (QED) is 0.475. The van der Waals surface area contributed by atoms with Gasteiger partial charge in [0, 0.05) is 11.1 Å². The minimum atomic E-state index is -0.341. The Morgan fingerprint density at radius 1 is 1.10 bits per heavy atom. The van der Waals surface area contributed by atoms with Crippen molar-refractivity contribution in [1.82, 2.24) is 9.66 Å². The molecule has 1 aromatic heterocycles. The highest BCUT2D eigenvalue weighted by Crippen LogP contribution is 2.29. The second kappa shape index (κ2) is 8.39. The summed E-state index contributed by atoms with van der Waals surface area (Å²) >= 11 is 6.37. The third-order valence-corrected chi connectivity index (χ3v) is 4.84. The van der Waals surface area contributed by atoms with Crippen LogP contribution in [-0.4, -0.2) is 27.6 Å². The molecule has 30 heavy (non-hydrogen) atoms. The Morgan fingerprint density at radius 2 is 1.87 bits per heavy atom. The Balaban J connectivity index is 1.92. The Bertz CT molecular complexity index is 1310. The van der Waals surface area contributed by atoms with Crippen LogP contribution in [0.1, 0.15) is 12.5 Å². The van der Waals surface area contributed by atoms with Crippen molar-refractivity contribution in [2.24, 2.45) is 5.10 Å². The van der Waals surface area contributed by atoms with Gasteiger partial charge < -0.3 is 9.84 Å². The van der Waals surface area contributed by atoms with E-state index in [-0.39, 0.29) is 11.3 Å². The molecule has 0 aliphatic rings. The molecule has 0 saturated heterocycles. The van der Waals surface area contributed by atoms with Crippen LogP contribution >= 0.6 is 11.6 Å². The SMILES string of the molecule is CCOc1cccc(/C=N\n2c(-c3ccccc3Cl)nc3ccccc3c2=O)c1O. The maximum Gasteiger partial charge on any atom is 0.282 e. The van der Waals surface area contributed by atoms with Crippen molar-refractivity contribution in [2.45, 2.75) is 6.92 Å². The first kappa shape index (κ1) is 19.7. The van der Waals surface area contributed by atoms with Crippen LogP contribution in [0.15, 0.2) is 76.6 Å². The summed E-state index contributed by atoms with van der Waals surface area (Å²) in [4.78, 5) is 17.8. The van der Waals surface area contributed by atoms with Gasteiger partial charge in [0.15, 0.2) is 17.3 Å². The summed E-state index contributed by atoms with van der Waals surface area (Å²) < 4.78 is 6.60. The Kier molecular flexibility index (Phi) is 5.50. The number of benzene rings is 3. The molecule has 0 atom stereocenters. The summed E-state index contributed by atoms with van der Waals surface area (Å²) in [7, 11) is 0. The first-order valence-corrected chi connectivity index (χ1v) is 9.73. The predicted octanol–water partition coefficient (Wildman–Crippen LogP) is 4.70. The molecule has 0 unspecified atom stereocenters. The van der Waals surface area contributed by atoms with E-state index in [4.69, 9.17) is 16.3 Å². The summed E-state index contributed by atoms with van der Waals surface area (Å²) in [5.41, 5.74) is 1.19. The molecule has 1 heterocycles. The minimum Gasteiger partial charge on any atom is -0.504 e. The summed E-state index contributed by atoms with van der Waals surface area (Å²) in [6.45, 7) is 2.25. The highest BCUT2D eigenvalue weighted by atomic mass is 35.5. The fourth-order valence-corrected chi connectivity index (χ4v) is 3.30. The van der Waals surface area contributed by atoms with Gasteiger partial charge in [-0.1, -0.05) is 41.9 Å². The van der Waals surface area contributed by atoms with Crippen molar-refractivity contribution >= 4 is 28.7 Å². The second-order valence-electron chi connectivity index (χ2n) is 6.42. The molecule has 0 spiro atoms. The molecule has 150 valence electrons. The molecule has 0 aliphatic heterocycles. The van der Waals surface area contributed by atoms with E-state index in [1.165, 1.54) is 10.9 Å². The van der Waals surface area contributed by atoms with Gasteiger partial charge in [-0.2, -0.15) is 9.78 Å². The van der Waals surface area contributed by atoms with Crippen LogP contribution in [0.2, 0.25) is 5.02 Å². The molecule has 4 rings (SSSR count). The molecule has 0 saturated carbocycles. The number of phenolic OH excluding ortho intramolecular Hbond substituents is 1. The van der Waals surface area contributed by atoms with Crippen LogP contribution in [0.25, 0.3) is 22.3 Å². The Morgan fingerprint density at radius 3 is 2.67 bits per heavy atom. The third-order valence-electron chi connectivity index (χ3n) is 4.51.